The van der Waals surface area contributed by atoms with Crippen LogP contribution in [0, 0.1) is 5.82 Å². The molecule has 0 bridgehead atoms. The molecule has 0 heterocycles. The molecule has 1 aliphatic rings. The summed E-state index contributed by atoms with van der Waals surface area (Å²) in [5.74, 6) is -0.279. The quantitative estimate of drug-likeness (QED) is 0.711. The Morgan fingerprint density at radius 2 is 2.07 bits per heavy atom. The Morgan fingerprint density at radius 1 is 1.36 bits per heavy atom. The van der Waals surface area contributed by atoms with Gasteiger partial charge < -0.3 is 4.74 Å². The van der Waals surface area contributed by atoms with Gasteiger partial charge in [-0.3, -0.25) is 0 Å². The van der Waals surface area contributed by atoms with E-state index in [-0.39, 0.29) is 17.2 Å². The maximum Gasteiger partial charge on any atom is 0.173 e. The van der Waals surface area contributed by atoms with Crippen LogP contribution < -0.4 is 4.74 Å². The van der Waals surface area contributed by atoms with E-state index in [1.165, 1.54) is 6.07 Å². The molecule has 4 heteroatoms. The van der Waals surface area contributed by atoms with Crippen molar-refractivity contribution >= 4 is 23.2 Å². The van der Waals surface area contributed by atoms with Gasteiger partial charge in [-0.1, -0.05) is 17.7 Å². The minimum Gasteiger partial charge on any atom is -0.486 e. The highest BCUT2D eigenvalue weighted by Gasteiger charge is 2.30. The van der Waals surface area contributed by atoms with Crippen LogP contribution in [0.2, 0.25) is 5.02 Å². The van der Waals surface area contributed by atoms with Crippen LogP contribution in [0.5, 0.6) is 5.75 Å². The number of hydrogen-bond donors (Lipinski definition) is 0. The molecule has 14 heavy (non-hydrogen) atoms. The Kier molecular flexibility index (Phi) is 2.84. The second-order valence-electron chi connectivity index (χ2n) is 3.36. The summed E-state index contributed by atoms with van der Waals surface area (Å²) in [6, 6.07) is 4.49. The summed E-state index contributed by atoms with van der Waals surface area (Å²) < 4.78 is 18.6. The van der Waals surface area contributed by atoms with Crippen molar-refractivity contribution in [1.29, 1.82) is 0 Å². The fourth-order valence-electron chi connectivity index (χ4n) is 1.36. The Hall–Kier alpha value is -0.470. The Morgan fingerprint density at radius 3 is 2.64 bits per heavy atom. The molecule has 1 aromatic carbocycles. The molecule has 0 radical (unpaired) electrons. The molecular formula is C10H9Cl2FO. The second kappa shape index (κ2) is 3.95. The highest BCUT2D eigenvalue weighted by atomic mass is 35.5. The highest BCUT2D eigenvalue weighted by Crippen LogP contribution is 2.34. The zero-order valence-electron chi connectivity index (χ0n) is 7.34. The van der Waals surface area contributed by atoms with Crippen molar-refractivity contribution in [2.45, 2.75) is 24.3 Å². The first-order valence-corrected chi connectivity index (χ1v) is 5.23. The van der Waals surface area contributed by atoms with Crippen LogP contribution in [-0.4, -0.2) is 11.5 Å². The van der Waals surface area contributed by atoms with Gasteiger partial charge in [0.25, 0.3) is 0 Å². The van der Waals surface area contributed by atoms with Gasteiger partial charge in [0, 0.05) is 18.2 Å². The third kappa shape index (κ3) is 1.96. The third-order valence-electron chi connectivity index (χ3n) is 2.24. The van der Waals surface area contributed by atoms with Crippen LogP contribution in [0.15, 0.2) is 18.2 Å². The molecule has 76 valence electrons. The van der Waals surface area contributed by atoms with Crippen LogP contribution >= 0.6 is 23.2 Å². The maximum absolute atomic E-state index is 13.2. The normalized spacial score (nSPS) is 25.6. The average Bonchev–Trinajstić information content (AvgIpc) is 2.08. The van der Waals surface area contributed by atoms with Gasteiger partial charge in [0.05, 0.1) is 5.02 Å². The largest absolute Gasteiger partial charge is 0.486 e. The molecule has 0 spiro atoms. The Bertz CT molecular complexity index is 317. The van der Waals surface area contributed by atoms with Crippen molar-refractivity contribution in [3.63, 3.8) is 0 Å². The fourth-order valence-corrected chi connectivity index (χ4v) is 1.96. The van der Waals surface area contributed by atoms with E-state index in [1.807, 2.05) is 0 Å². The monoisotopic (exact) mass is 234 g/mol. The van der Waals surface area contributed by atoms with E-state index in [0.29, 0.717) is 5.02 Å². The van der Waals surface area contributed by atoms with Crippen molar-refractivity contribution in [3.05, 3.63) is 29.0 Å². The lowest BCUT2D eigenvalue weighted by atomic mass is 9.95. The summed E-state index contributed by atoms with van der Waals surface area (Å²) >= 11 is 11.6. The van der Waals surface area contributed by atoms with E-state index >= 15 is 0 Å². The summed E-state index contributed by atoms with van der Waals surface area (Å²) in [4.78, 5) is 0. The number of benzene rings is 1. The number of ether oxygens (including phenoxy) is 1. The first-order chi connectivity index (χ1) is 6.66. The van der Waals surface area contributed by atoms with E-state index in [0.717, 1.165) is 12.8 Å². The molecule has 1 aromatic rings. The lowest BCUT2D eigenvalue weighted by Crippen LogP contribution is -2.34. The molecule has 0 aromatic heterocycles. The van der Waals surface area contributed by atoms with E-state index in [2.05, 4.69) is 0 Å². The number of rotatable bonds is 2. The van der Waals surface area contributed by atoms with Crippen LogP contribution in [-0.2, 0) is 0 Å². The summed E-state index contributed by atoms with van der Waals surface area (Å²) in [5.41, 5.74) is 0. The maximum atomic E-state index is 13.2. The summed E-state index contributed by atoms with van der Waals surface area (Å²) in [6.45, 7) is 0. The molecule has 2 rings (SSSR count). The minimum absolute atomic E-state index is 0.00639. The molecule has 0 aliphatic heterocycles. The molecule has 0 unspecified atom stereocenters. The Labute approximate surface area is 91.8 Å². The highest BCUT2D eigenvalue weighted by molar-refractivity contribution is 6.32. The summed E-state index contributed by atoms with van der Waals surface area (Å²) in [7, 11) is 0. The SMILES string of the molecule is Fc1cccc(Cl)c1OC1CC(Cl)C1. The summed E-state index contributed by atoms with van der Waals surface area (Å²) in [5, 5.41) is 0.466. The first kappa shape index (κ1) is 10.1. The standard InChI is InChI=1S/C10H9Cl2FO/c11-6-4-7(5-6)14-10-8(12)2-1-3-9(10)13/h1-3,6-7H,4-5H2. The second-order valence-corrected chi connectivity index (χ2v) is 4.38. The lowest BCUT2D eigenvalue weighted by Gasteiger charge is -2.31. The predicted molar refractivity (Wildman–Crippen MR) is 54.7 cm³/mol. The zero-order chi connectivity index (χ0) is 10.1. The molecule has 0 N–H and O–H groups in total. The van der Waals surface area contributed by atoms with Gasteiger partial charge in [-0.15, -0.1) is 11.6 Å². The molecule has 1 nitrogen and oxygen atoms in total. The number of halogens is 3. The van der Waals surface area contributed by atoms with Gasteiger partial charge in [-0.25, -0.2) is 4.39 Å². The van der Waals surface area contributed by atoms with Gasteiger partial charge in [0.15, 0.2) is 11.6 Å². The van der Waals surface area contributed by atoms with Gasteiger partial charge in [-0.05, 0) is 12.1 Å². The average molecular weight is 235 g/mol. The van der Waals surface area contributed by atoms with Crippen LogP contribution in [0.1, 0.15) is 12.8 Å². The van der Waals surface area contributed by atoms with Crippen LogP contribution in [0.3, 0.4) is 0 Å². The van der Waals surface area contributed by atoms with Crippen molar-refractivity contribution in [3.8, 4) is 5.75 Å². The van der Waals surface area contributed by atoms with E-state index < -0.39 is 5.82 Å². The first-order valence-electron chi connectivity index (χ1n) is 4.41. The zero-order valence-corrected chi connectivity index (χ0v) is 8.85. The number of hydrogen-bond acceptors (Lipinski definition) is 1. The molecule has 0 amide bonds. The summed E-state index contributed by atoms with van der Waals surface area (Å²) in [6.07, 6.45) is 1.52. The molecule has 0 saturated heterocycles. The third-order valence-corrected chi connectivity index (χ3v) is 2.89. The van der Waals surface area contributed by atoms with E-state index in [9.17, 15) is 4.39 Å². The van der Waals surface area contributed by atoms with Gasteiger partial charge in [0.2, 0.25) is 0 Å². The fraction of sp³-hybridized carbons (Fsp3) is 0.400. The van der Waals surface area contributed by atoms with Crippen molar-refractivity contribution in [1.82, 2.24) is 0 Å². The van der Waals surface area contributed by atoms with Crippen LogP contribution in [0.25, 0.3) is 0 Å². The minimum atomic E-state index is -0.421. The molecular weight excluding hydrogens is 226 g/mol. The van der Waals surface area contributed by atoms with E-state index in [1.54, 1.807) is 12.1 Å². The molecule has 1 saturated carbocycles. The van der Waals surface area contributed by atoms with Gasteiger partial charge >= 0.3 is 0 Å². The molecule has 1 fully saturated rings. The molecule has 1 aliphatic carbocycles. The van der Waals surface area contributed by atoms with Gasteiger partial charge in [0.1, 0.15) is 6.10 Å². The number of para-hydroxylation sites is 1. The van der Waals surface area contributed by atoms with Crippen molar-refractivity contribution in [2.75, 3.05) is 0 Å². The smallest absolute Gasteiger partial charge is 0.173 e. The van der Waals surface area contributed by atoms with Crippen molar-refractivity contribution in [2.24, 2.45) is 0 Å². The van der Waals surface area contributed by atoms with Gasteiger partial charge in [-0.2, -0.15) is 0 Å². The van der Waals surface area contributed by atoms with Crippen molar-refractivity contribution < 1.29 is 9.13 Å². The topological polar surface area (TPSA) is 9.23 Å². The Balaban J connectivity index is 2.09. The predicted octanol–water partition coefficient (Wildman–Crippen LogP) is 3.63. The number of alkyl halides is 1. The lowest BCUT2D eigenvalue weighted by molar-refractivity contribution is 0.119. The molecule has 0 atom stereocenters. The van der Waals surface area contributed by atoms with Crippen LogP contribution in [0.4, 0.5) is 4.39 Å². The van der Waals surface area contributed by atoms with E-state index in [4.69, 9.17) is 27.9 Å².